The maximum atomic E-state index is 13.8. The third-order valence-corrected chi connectivity index (χ3v) is 8.03. The number of ether oxygens (including phenoxy) is 2. The van der Waals surface area contributed by atoms with Crippen LogP contribution in [0, 0.1) is 3.57 Å². The minimum Gasteiger partial charge on any atom is -0.493 e. The molecule has 2 amide bonds. The fourth-order valence-corrected chi connectivity index (χ4v) is 5.68. The Morgan fingerprint density at radius 1 is 1.16 bits per heavy atom. The first-order chi connectivity index (χ1) is 20.9. The number of methoxy groups -OCH3 is 1. The van der Waals surface area contributed by atoms with Crippen LogP contribution >= 0.6 is 22.6 Å². The molecule has 0 bridgehead atoms. The van der Waals surface area contributed by atoms with Gasteiger partial charge in [0.25, 0.3) is 5.91 Å². The largest absolute Gasteiger partial charge is 0.493 e. The molecule has 0 aromatic heterocycles. The van der Waals surface area contributed by atoms with Crippen molar-refractivity contribution < 1.29 is 47.2 Å². The zero-order valence-electron chi connectivity index (χ0n) is 24.4. The van der Waals surface area contributed by atoms with E-state index < -0.39 is 41.8 Å². The summed E-state index contributed by atoms with van der Waals surface area (Å²) < 4.78 is 51.7. The number of hydrogen-bond acceptors (Lipinski definition) is 7. The normalized spacial score (nSPS) is 18.3. The maximum Gasteiger partial charge on any atom is 0.416 e. The maximum absolute atomic E-state index is 13.8. The van der Waals surface area contributed by atoms with Gasteiger partial charge in [-0.15, -0.1) is 0 Å². The van der Waals surface area contributed by atoms with Crippen LogP contribution in [0.4, 0.5) is 13.2 Å². The molecule has 1 aliphatic rings. The van der Waals surface area contributed by atoms with E-state index in [1.54, 1.807) is 6.07 Å². The Hall–Kier alpha value is -3.17. The van der Waals surface area contributed by atoms with Gasteiger partial charge in [-0.25, -0.2) is 0 Å². The number of nitrogens with zero attached hydrogens (tertiary/aromatic N) is 1. The van der Waals surface area contributed by atoms with Crippen molar-refractivity contribution in [3.8, 4) is 11.5 Å². The molecular formula is C31H36F3IN2O7. The summed E-state index contributed by atoms with van der Waals surface area (Å²) >= 11 is 1.95. The molecule has 2 aromatic carbocycles. The molecule has 3 atom stereocenters. The van der Waals surface area contributed by atoms with Gasteiger partial charge in [0.1, 0.15) is 18.5 Å². The second kappa shape index (κ2) is 16.2. The van der Waals surface area contributed by atoms with Gasteiger partial charge < -0.3 is 29.9 Å². The lowest BCUT2D eigenvalue weighted by atomic mass is 9.87. The van der Waals surface area contributed by atoms with E-state index in [1.165, 1.54) is 24.2 Å². The average Bonchev–Trinajstić information content (AvgIpc) is 3.01. The number of alkyl halides is 3. The molecule has 2 aromatic rings. The van der Waals surface area contributed by atoms with E-state index in [9.17, 15) is 37.8 Å². The van der Waals surface area contributed by atoms with Gasteiger partial charge in [-0.05, 0) is 71.5 Å². The first-order valence-corrected chi connectivity index (χ1v) is 15.3. The van der Waals surface area contributed by atoms with Crippen LogP contribution in [0.3, 0.4) is 0 Å². The van der Waals surface area contributed by atoms with E-state index >= 15 is 0 Å². The summed E-state index contributed by atoms with van der Waals surface area (Å²) in [7, 11) is 1.39. The number of aliphatic hydroxyl groups is 2. The van der Waals surface area contributed by atoms with Crippen molar-refractivity contribution >= 4 is 40.7 Å². The summed E-state index contributed by atoms with van der Waals surface area (Å²) in [6, 6.07) is 5.89. The first-order valence-electron chi connectivity index (χ1n) is 14.2. The van der Waals surface area contributed by atoms with Crippen molar-refractivity contribution in [3.63, 3.8) is 0 Å². The van der Waals surface area contributed by atoms with Crippen molar-refractivity contribution in [1.82, 2.24) is 10.2 Å². The SMILES string of the molecule is CCCCCCN(C(=O)c1ccc(C(F)(F)F)cc1)[C@@H]1CC(C(=O)NCCO)=C[C@H](Oc2c(I)cc(C=O)cc2OC)[C@H]1O. The minimum absolute atomic E-state index is 0.000311. The first kappa shape index (κ1) is 35.3. The summed E-state index contributed by atoms with van der Waals surface area (Å²) in [5.41, 5.74) is -0.374. The van der Waals surface area contributed by atoms with E-state index in [4.69, 9.17) is 9.47 Å². The number of hydrogen-bond donors (Lipinski definition) is 3. The highest BCUT2D eigenvalue weighted by Crippen LogP contribution is 2.37. The lowest BCUT2D eigenvalue weighted by Crippen LogP contribution is -2.55. The van der Waals surface area contributed by atoms with Gasteiger partial charge in [0.2, 0.25) is 5.91 Å². The third kappa shape index (κ3) is 8.94. The molecule has 0 heterocycles. The molecule has 3 N–H and O–H groups in total. The number of carbonyl (C=O) groups is 3. The van der Waals surface area contributed by atoms with Gasteiger partial charge in [0.15, 0.2) is 11.5 Å². The Morgan fingerprint density at radius 2 is 1.86 bits per heavy atom. The molecule has 0 spiro atoms. The third-order valence-electron chi connectivity index (χ3n) is 7.23. The summed E-state index contributed by atoms with van der Waals surface area (Å²) in [4.78, 5) is 39.7. The predicted molar refractivity (Wildman–Crippen MR) is 165 cm³/mol. The summed E-state index contributed by atoms with van der Waals surface area (Å²) in [5.74, 6) is -0.712. The number of amides is 2. The molecule has 9 nitrogen and oxygen atoms in total. The Bertz CT molecular complexity index is 1330. The summed E-state index contributed by atoms with van der Waals surface area (Å²) in [5, 5.41) is 23.5. The van der Waals surface area contributed by atoms with Crippen molar-refractivity contribution in [2.45, 2.75) is 63.5 Å². The minimum atomic E-state index is -4.57. The molecule has 0 fully saturated rings. The molecule has 3 rings (SSSR count). The number of aldehydes is 1. The van der Waals surface area contributed by atoms with Gasteiger partial charge in [-0.3, -0.25) is 14.4 Å². The second-order valence-electron chi connectivity index (χ2n) is 10.3. The van der Waals surface area contributed by atoms with Gasteiger partial charge in [-0.1, -0.05) is 26.2 Å². The lowest BCUT2D eigenvalue weighted by molar-refractivity contribution is -0.137. The van der Waals surface area contributed by atoms with Crippen LogP contribution in [0.15, 0.2) is 48.0 Å². The molecule has 44 heavy (non-hydrogen) atoms. The number of halogens is 4. The van der Waals surface area contributed by atoms with E-state index in [-0.39, 0.29) is 48.8 Å². The fourth-order valence-electron chi connectivity index (χ4n) is 4.93. The van der Waals surface area contributed by atoms with Crippen LogP contribution in [0.2, 0.25) is 0 Å². The van der Waals surface area contributed by atoms with E-state index in [1.807, 2.05) is 29.5 Å². The van der Waals surface area contributed by atoms with Crippen LogP contribution in [-0.4, -0.2) is 78.3 Å². The average molecular weight is 733 g/mol. The lowest BCUT2D eigenvalue weighted by Gasteiger charge is -2.40. The zero-order valence-corrected chi connectivity index (χ0v) is 26.6. The topological polar surface area (TPSA) is 125 Å². The Balaban J connectivity index is 2.04. The van der Waals surface area contributed by atoms with Crippen molar-refractivity contribution in [2.75, 3.05) is 26.8 Å². The molecule has 0 radical (unpaired) electrons. The van der Waals surface area contributed by atoms with Crippen molar-refractivity contribution in [3.05, 3.63) is 68.3 Å². The number of unbranched alkanes of at least 4 members (excludes halogenated alkanes) is 3. The van der Waals surface area contributed by atoms with Crippen LogP contribution in [0.5, 0.6) is 11.5 Å². The summed E-state index contributed by atoms with van der Waals surface area (Å²) in [6.07, 6.45) is -1.93. The Labute approximate surface area is 267 Å². The quantitative estimate of drug-likeness (QED) is 0.145. The predicted octanol–water partition coefficient (Wildman–Crippen LogP) is 4.77. The monoisotopic (exact) mass is 732 g/mol. The molecule has 0 saturated heterocycles. The number of aliphatic hydroxyl groups excluding tert-OH is 2. The molecular weight excluding hydrogens is 696 g/mol. The van der Waals surface area contributed by atoms with E-state index in [2.05, 4.69) is 5.32 Å². The van der Waals surface area contributed by atoms with Gasteiger partial charge >= 0.3 is 6.18 Å². The van der Waals surface area contributed by atoms with Crippen LogP contribution in [0.1, 0.15) is 65.3 Å². The number of carbonyl (C=O) groups excluding carboxylic acids is 3. The highest BCUT2D eigenvalue weighted by molar-refractivity contribution is 14.1. The van der Waals surface area contributed by atoms with E-state index in [0.717, 1.165) is 43.5 Å². The molecule has 240 valence electrons. The van der Waals surface area contributed by atoms with Gasteiger partial charge in [0.05, 0.1) is 28.9 Å². The highest BCUT2D eigenvalue weighted by atomic mass is 127. The second-order valence-corrected chi connectivity index (χ2v) is 11.5. The molecule has 0 unspecified atom stereocenters. The molecule has 13 heteroatoms. The smallest absolute Gasteiger partial charge is 0.416 e. The zero-order chi connectivity index (χ0) is 32.4. The van der Waals surface area contributed by atoms with Crippen LogP contribution in [-0.2, 0) is 11.0 Å². The molecule has 1 aliphatic carbocycles. The Morgan fingerprint density at radius 3 is 2.45 bits per heavy atom. The number of nitrogens with one attached hydrogen (secondary N) is 1. The van der Waals surface area contributed by atoms with Crippen molar-refractivity contribution in [2.24, 2.45) is 0 Å². The number of rotatable bonds is 14. The standard InChI is InChI=1S/C31H36F3IN2O7/c1-3-4-5-6-12-37(30(42)20-7-9-22(10-8-20)31(32,33)34)24-16-21(29(41)36-11-13-38)17-25(27(24)40)44-28-23(35)14-19(18-39)15-26(28)43-2/h7-10,14-15,17-18,24-25,27,38,40H,3-6,11-13,16H2,1-2H3,(H,36,41)/t24-,25+,27+/m1/s1. The van der Waals surface area contributed by atoms with Crippen LogP contribution in [0.25, 0.3) is 0 Å². The highest BCUT2D eigenvalue weighted by Gasteiger charge is 2.41. The van der Waals surface area contributed by atoms with E-state index in [0.29, 0.717) is 21.8 Å². The van der Waals surface area contributed by atoms with Crippen molar-refractivity contribution in [1.29, 1.82) is 0 Å². The van der Waals surface area contributed by atoms with Crippen LogP contribution < -0.4 is 14.8 Å². The van der Waals surface area contributed by atoms with Gasteiger partial charge in [-0.2, -0.15) is 13.2 Å². The number of benzene rings is 2. The Kier molecular flexibility index (Phi) is 13.0. The molecule has 0 saturated carbocycles. The molecule has 0 aliphatic heterocycles. The summed E-state index contributed by atoms with van der Waals surface area (Å²) in [6.45, 7) is 1.87. The fraction of sp³-hybridized carbons (Fsp3) is 0.452. The van der Waals surface area contributed by atoms with Gasteiger partial charge in [0, 0.05) is 36.2 Å².